The normalized spacial score (nSPS) is 52.6. The average Bonchev–Trinajstić information content (AvgIpc) is 3.27. The van der Waals surface area contributed by atoms with Crippen LogP contribution in [-0.2, 0) is 19.1 Å². The summed E-state index contributed by atoms with van der Waals surface area (Å²) in [5, 5.41) is 0. The van der Waals surface area contributed by atoms with Crippen molar-refractivity contribution < 1.29 is 19.1 Å². The van der Waals surface area contributed by atoms with Gasteiger partial charge in [0, 0.05) is 12.3 Å². The third-order valence-electron chi connectivity index (χ3n) is 9.27. The summed E-state index contributed by atoms with van der Waals surface area (Å²) in [6, 6.07) is 0. The molecule has 148 valence electrons. The predicted octanol–water partition coefficient (Wildman–Crippen LogP) is 4.22. The third-order valence-corrected chi connectivity index (χ3v) is 9.27. The minimum atomic E-state index is -0.496. The molecular formula is C23H32O4. The van der Waals surface area contributed by atoms with Crippen molar-refractivity contribution in [1.82, 2.24) is 0 Å². The molecule has 0 amide bonds. The van der Waals surface area contributed by atoms with E-state index in [0.29, 0.717) is 17.8 Å². The van der Waals surface area contributed by atoms with E-state index in [2.05, 4.69) is 19.9 Å². The van der Waals surface area contributed by atoms with E-state index >= 15 is 0 Å². The second kappa shape index (κ2) is 5.46. The Morgan fingerprint density at radius 1 is 1.15 bits per heavy atom. The first-order valence-corrected chi connectivity index (χ1v) is 10.8. The zero-order valence-electron chi connectivity index (χ0n) is 17.0. The summed E-state index contributed by atoms with van der Waals surface area (Å²) in [6.07, 6.45) is 10.3. The highest BCUT2D eigenvalue weighted by Gasteiger charge is 2.78. The lowest BCUT2D eigenvalue weighted by Gasteiger charge is -2.57. The van der Waals surface area contributed by atoms with Crippen LogP contribution in [0.3, 0.4) is 0 Å². The van der Waals surface area contributed by atoms with Gasteiger partial charge in [-0.1, -0.05) is 25.5 Å². The number of ketones is 1. The Morgan fingerprint density at radius 3 is 2.63 bits per heavy atom. The molecule has 4 nitrogen and oxygen atoms in total. The summed E-state index contributed by atoms with van der Waals surface area (Å²) < 4.78 is 11.6. The van der Waals surface area contributed by atoms with Crippen molar-refractivity contribution in [2.24, 2.45) is 28.6 Å². The molecule has 1 aliphatic heterocycles. The van der Waals surface area contributed by atoms with E-state index in [-0.39, 0.29) is 34.8 Å². The first-order chi connectivity index (χ1) is 12.7. The summed E-state index contributed by atoms with van der Waals surface area (Å²) in [7, 11) is 0. The molecule has 4 heteroatoms. The Bertz CT molecular complexity index is 741. The van der Waals surface area contributed by atoms with Gasteiger partial charge in [0.05, 0.1) is 6.10 Å². The van der Waals surface area contributed by atoms with Gasteiger partial charge in [-0.15, -0.1) is 0 Å². The van der Waals surface area contributed by atoms with Crippen LogP contribution in [0.25, 0.3) is 0 Å². The van der Waals surface area contributed by atoms with Crippen LogP contribution in [0.5, 0.6) is 0 Å². The van der Waals surface area contributed by atoms with E-state index in [1.54, 1.807) is 12.5 Å². The number of rotatable bonds is 2. The van der Waals surface area contributed by atoms with Crippen molar-refractivity contribution in [3.63, 3.8) is 0 Å². The highest BCUT2D eigenvalue weighted by molar-refractivity contribution is 5.90. The van der Waals surface area contributed by atoms with Crippen molar-refractivity contribution in [3.05, 3.63) is 11.6 Å². The predicted molar refractivity (Wildman–Crippen MR) is 101 cm³/mol. The molecule has 0 aromatic rings. The minimum absolute atomic E-state index is 0.0319. The van der Waals surface area contributed by atoms with Crippen LogP contribution in [0.1, 0.15) is 72.6 Å². The van der Waals surface area contributed by atoms with Gasteiger partial charge in [-0.2, -0.15) is 0 Å². The number of epoxide rings is 1. The van der Waals surface area contributed by atoms with E-state index < -0.39 is 5.60 Å². The standard InChI is InChI=1S/C23H32O4/c1-13(24)23-20(27-23)12-19-17-6-5-15-11-16(26-14(2)25)7-9-21(15,3)18(17)8-10-22(19,23)4/h8,15-17,19-20H,5-7,9-12H2,1-4H3/t15-,16-,17+,19-,20+,21-,22-,23+/m0/s1. The summed E-state index contributed by atoms with van der Waals surface area (Å²) in [5.74, 6) is 1.87. The molecular weight excluding hydrogens is 340 g/mol. The van der Waals surface area contributed by atoms with Crippen LogP contribution < -0.4 is 0 Å². The van der Waals surface area contributed by atoms with Crippen molar-refractivity contribution in [3.8, 4) is 0 Å². The lowest BCUT2D eigenvalue weighted by atomic mass is 9.48. The molecule has 0 spiro atoms. The molecule has 4 fully saturated rings. The van der Waals surface area contributed by atoms with Crippen molar-refractivity contribution in [2.45, 2.75) is 90.4 Å². The van der Waals surface area contributed by atoms with Gasteiger partial charge in [0.2, 0.25) is 0 Å². The molecule has 0 unspecified atom stereocenters. The topological polar surface area (TPSA) is 55.9 Å². The summed E-state index contributed by atoms with van der Waals surface area (Å²) in [5.41, 5.74) is 1.36. The lowest BCUT2D eigenvalue weighted by molar-refractivity contribution is -0.151. The number of hydrogen-bond donors (Lipinski definition) is 0. The molecule has 0 aromatic heterocycles. The van der Waals surface area contributed by atoms with Crippen LogP contribution in [-0.4, -0.2) is 29.6 Å². The number of hydrogen-bond acceptors (Lipinski definition) is 4. The van der Waals surface area contributed by atoms with Gasteiger partial charge in [-0.3, -0.25) is 9.59 Å². The molecule has 0 N–H and O–H groups in total. The zero-order valence-corrected chi connectivity index (χ0v) is 17.0. The van der Waals surface area contributed by atoms with E-state index in [1.165, 1.54) is 19.8 Å². The summed E-state index contributed by atoms with van der Waals surface area (Å²) in [6.45, 7) is 8.01. The van der Waals surface area contributed by atoms with Gasteiger partial charge in [0.1, 0.15) is 6.10 Å². The molecule has 0 aromatic carbocycles. The number of carbonyl (C=O) groups is 2. The van der Waals surface area contributed by atoms with Crippen molar-refractivity contribution in [2.75, 3.05) is 0 Å². The van der Waals surface area contributed by atoms with E-state index in [4.69, 9.17) is 9.47 Å². The second-order valence-electron chi connectivity index (χ2n) is 10.3. The first kappa shape index (κ1) is 17.9. The van der Waals surface area contributed by atoms with E-state index in [9.17, 15) is 9.59 Å². The fraction of sp³-hybridized carbons (Fsp3) is 0.826. The Hall–Kier alpha value is -1.16. The van der Waals surface area contributed by atoms with Crippen LogP contribution in [0.4, 0.5) is 0 Å². The highest BCUT2D eigenvalue weighted by Crippen LogP contribution is 2.72. The highest BCUT2D eigenvalue weighted by atomic mass is 16.6. The molecule has 5 aliphatic rings. The maximum atomic E-state index is 12.5. The van der Waals surface area contributed by atoms with Gasteiger partial charge in [-0.25, -0.2) is 0 Å². The Morgan fingerprint density at radius 2 is 1.93 bits per heavy atom. The average molecular weight is 373 g/mol. The fourth-order valence-electron chi connectivity index (χ4n) is 7.90. The molecule has 4 aliphatic carbocycles. The van der Waals surface area contributed by atoms with Gasteiger partial charge in [0.25, 0.3) is 0 Å². The Labute approximate surface area is 162 Å². The van der Waals surface area contributed by atoms with E-state index in [0.717, 1.165) is 32.1 Å². The maximum absolute atomic E-state index is 12.5. The SMILES string of the molecule is CC(=O)O[C@H]1CC[C@]2(C)C3=CC[C@@]4(C)[C@@H](C[C@H]5O[C@]54C(C)=O)[C@@H]3CC[C@H]2C1. The minimum Gasteiger partial charge on any atom is -0.463 e. The third kappa shape index (κ3) is 2.14. The molecule has 1 saturated heterocycles. The van der Waals surface area contributed by atoms with Crippen LogP contribution in [0, 0.1) is 28.6 Å². The number of allylic oxidation sites excluding steroid dienone is 2. The summed E-state index contributed by atoms with van der Waals surface area (Å²) >= 11 is 0. The van der Waals surface area contributed by atoms with Gasteiger partial charge < -0.3 is 9.47 Å². The molecule has 3 saturated carbocycles. The quantitative estimate of drug-likeness (QED) is 0.414. The summed E-state index contributed by atoms with van der Waals surface area (Å²) in [4.78, 5) is 23.8. The van der Waals surface area contributed by atoms with Gasteiger partial charge in [-0.05, 0) is 75.0 Å². The van der Waals surface area contributed by atoms with Gasteiger partial charge >= 0.3 is 5.97 Å². The molecule has 1 heterocycles. The monoisotopic (exact) mass is 372 g/mol. The zero-order chi connectivity index (χ0) is 19.2. The van der Waals surface area contributed by atoms with Crippen LogP contribution in [0.15, 0.2) is 11.6 Å². The lowest BCUT2D eigenvalue weighted by Crippen LogP contribution is -2.52. The Kier molecular flexibility index (Phi) is 3.62. The first-order valence-electron chi connectivity index (χ1n) is 10.8. The number of Topliss-reactive ketones (excluding diaryl/α,β-unsaturated/α-hetero) is 1. The van der Waals surface area contributed by atoms with Crippen molar-refractivity contribution in [1.29, 1.82) is 0 Å². The number of esters is 1. The largest absolute Gasteiger partial charge is 0.463 e. The smallest absolute Gasteiger partial charge is 0.302 e. The molecule has 27 heavy (non-hydrogen) atoms. The number of carbonyl (C=O) groups excluding carboxylic acids is 2. The second-order valence-corrected chi connectivity index (χ2v) is 10.3. The molecule has 0 bridgehead atoms. The molecule has 5 rings (SSSR count). The fourth-order valence-corrected chi connectivity index (χ4v) is 7.90. The molecule has 8 atom stereocenters. The number of ether oxygens (including phenoxy) is 2. The maximum Gasteiger partial charge on any atom is 0.302 e. The van der Waals surface area contributed by atoms with Gasteiger partial charge in [0.15, 0.2) is 11.4 Å². The van der Waals surface area contributed by atoms with E-state index in [1.807, 2.05) is 0 Å². The van der Waals surface area contributed by atoms with Crippen LogP contribution in [0.2, 0.25) is 0 Å². The van der Waals surface area contributed by atoms with Crippen LogP contribution >= 0.6 is 0 Å². The van der Waals surface area contributed by atoms with Crippen molar-refractivity contribution >= 4 is 11.8 Å². The number of fused-ring (bicyclic) bond motifs is 7. The molecule has 0 radical (unpaired) electrons. The Balaban J connectivity index is 1.44.